The topological polar surface area (TPSA) is 110 Å². The summed E-state index contributed by atoms with van der Waals surface area (Å²) >= 11 is 0. The van der Waals surface area contributed by atoms with Crippen molar-refractivity contribution in [1.29, 1.82) is 0 Å². The minimum Gasteiger partial charge on any atom is -0.477 e. The molecule has 2 aromatic heterocycles. The van der Waals surface area contributed by atoms with Gasteiger partial charge in [-0.25, -0.2) is 14.7 Å². The third-order valence-electron chi connectivity index (χ3n) is 6.32. The van der Waals surface area contributed by atoms with Crippen molar-refractivity contribution in [3.63, 3.8) is 0 Å². The number of pyridine rings is 1. The number of aryl methyl sites for hydroxylation is 2. The van der Waals surface area contributed by atoms with Gasteiger partial charge in [-0.1, -0.05) is 48.5 Å². The Morgan fingerprint density at radius 1 is 1.18 bits per heavy atom. The van der Waals surface area contributed by atoms with E-state index in [1.54, 1.807) is 19.1 Å². The summed E-state index contributed by atoms with van der Waals surface area (Å²) in [6.45, 7) is 2.52. The number of fused-ring (bicyclic) bond motifs is 2. The van der Waals surface area contributed by atoms with E-state index in [4.69, 9.17) is 6.15 Å². The first-order chi connectivity index (χ1) is 18.9. The second kappa shape index (κ2) is 9.55. The lowest BCUT2D eigenvalue weighted by Gasteiger charge is -2.17. The maximum atomic E-state index is 14.9. The van der Waals surface area contributed by atoms with Crippen LogP contribution < -0.4 is 15.4 Å². The van der Waals surface area contributed by atoms with E-state index < -0.39 is 23.9 Å². The lowest BCUT2D eigenvalue weighted by Crippen LogP contribution is -2.42. The van der Waals surface area contributed by atoms with Gasteiger partial charge in [-0.05, 0) is 24.6 Å². The lowest BCUT2D eigenvalue weighted by atomic mass is 10.0. The highest BCUT2D eigenvalue weighted by atomic mass is 19.1. The van der Waals surface area contributed by atoms with Crippen LogP contribution in [0.2, 0.25) is 1.41 Å². The van der Waals surface area contributed by atoms with E-state index in [0.717, 1.165) is 0 Å². The van der Waals surface area contributed by atoms with E-state index in [2.05, 4.69) is 20.4 Å². The zero-order valence-electron chi connectivity index (χ0n) is 21.4. The van der Waals surface area contributed by atoms with Crippen molar-refractivity contribution < 1.29 is 20.1 Å². The number of nitrogens with one attached hydrogen (secondary N) is 2. The van der Waals surface area contributed by atoms with Crippen molar-refractivity contribution in [3.8, 4) is 17.1 Å². The van der Waals surface area contributed by atoms with Gasteiger partial charge >= 0.3 is 0 Å². The number of aromatic nitrogens is 3. The maximum absolute atomic E-state index is 14.9. The number of anilines is 1. The van der Waals surface area contributed by atoms with Crippen LogP contribution in [0.15, 0.2) is 71.9 Å². The van der Waals surface area contributed by atoms with Crippen molar-refractivity contribution in [2.45, 2.75) is 26.1 Å². The molecule has 2 amide bonds. The molecule has 0 aliphatic carbocycles. The summed E-state index contributed by atoms with van der Waals surface area (Å²) in [7, 11) is 0. The zero-order valence-corrected chi connectivity index (χ0v) is 20.4. The van der Waals surface area contributed by atoms with Gasteiger partial charge in [0, 0.05) is 30.3 Å². The summed E-state index contributed by atoms with van der Waals surface area (Å²) in [4.78, 5) is 35.7. The molecule has 2 N–H and O–H groups in total. The number of benzodiazepines with no additional fused rings is 1. The predicted octanol–water partition coefficient (Wildman–Crippen LogP) is 3.72. The van der Waals surface area contributed by atoms with E-state index in [-0.39, 0.29) is 22.7 Å². The minimum atomic E-state index is -1.55. The molecule has 38 heavy (non-hydrogen) atoms. The summed E-state index contributed by atoms with van der Waals surface area (Å²) in [6.07, 6.45) is 0.471. The minimum absolute atomic E-state index is 0.00319. The Balaban J connectivity index is 1.47. The van der Waals surface area contributed by atoms with Crippen LogP contribution in [0.4, 0.5) is 10.1 Å². The van der Waals surface area contributed by atoms with Crippen molar-refractivity contribution in [2.75, 3.05) is 11.9 Å². The summed E-state index contributed by atoms with van der Waals surface area (Å²) in [5, 5.41) is 7.73. The number of carbonyl (C=O) groups is 2. The Labute approximate surface area is 218 Å². The highest BCUT2D eigenvalue weighted by molar-refractivity contribution is 6.20. The van der Waals surface area contributed by atoms with Crippen molar-refractivity contribution in [1.82, 2.24) is 20.1 Å². The monoisotopic (exact) mass is 511 g/mol. The number of benzene rings is 2. The van der Waals surface area contributed by atoms with Crippen LogP contribution in [0.5, 0.6) is 5.88 Å². The SMILES string of the molecule is [2H]N(C(=O)c1c(-c2cc(C)cnc2F)nn2c1OCCC2)[C@H]1N=C(c2ccccc2)c2ccccc2NC1=O. The highest BCUT2D eigenvalue weighted by Crippen LogP contribution is 2.34. The molecule has 2 aromatic carbocycles. The van der Waals surface area contributed by atoms with Gasteiger partial charge in [-0.3, -0.25) is 9.59 Å². The second-order valence-electron chi connectivity index (χ2n) is 8.99. The van der Waals surface area contributed by atoms with Gasteiger partial charge in [0.2, 0.25) is 18.0 Å². The van der Waals surface area contributed by atoms with Gasteiger partial charge in [-0.15, -0.1) is 0 Å². The van der Waals surface area contributed by atoms with Gasteiger partial charge in [0.25, 0.3) is 11.8 Å². The third-order valence-corrected chi connectivity index (χ3v) is 6.32. The zero-order chi connectivity index (χ0) is 27.1. The molecular weight excluding hydrogens is 487 g/mol. The summed E-state index contributed by atoms with van der Waals surface area (Å²) in [5.41, 5.74) is 2.86. The molecule has 2 aliphatic heterocycles. The molecule has 0 fully saturated rings. The smallest absolute Gasteiger partial charge is 0.269 e. The van der Waals surface area contributed by atoms with Crippen molar-refractivity contribution in [2.24, 2.45) is 4.99 Å². The van der Waals surface area contributed by atoms with Crippen LogP contribution in [0, 0.1) is 12.9 Å². The number of rotatable bonds is 4. The number of carbonyl (C=O) groups excluding carboxylic acids is 2. The van der Waals surface area contributed by atoms with Crippen LogP contribution >= 0.6 is 0 Å². The number of ether oxygens (including phenoxy) is 1. The Morgan fingerprint density at radius 3 is 2.82 bits per heavy atom. The van der Waals surface area contributed by atoms with Gasteiger partial charge in [0.1, 0.15) is 11.3 Å². The first-order valence-corrected chi connectivity index (χ1v) is 12.1. The van der Waals surface area contributed by atoms with E-state index >= 15 is 0 Å². The normalized spacial score (nSPS) is 16.7. The molecule has 0 bridgehead atoms. The highest BCUT2D eigenvalue weighted by Gasteiger charge is 2.33. The van der Waals surface area contributed by atoms with E-state index in [1.165, 1.54) is 16.9 Å². The molecule has 2 aliphatic rings. The number of amides is 2. The predicted molar refractivity (Wildman–Crippen MR) is 139 cm³/mol. The lowest BCUT2D eigenvalue weighted by molar-refractivity contribution is -0.117. The summed E-state index contributed by atoms with van der Waals surface area (Å²) in [5.74, 6) is -2.27. The van der Waals surface area contributed by atoms with Crippen molar-refractivity contribution in [3.05, 3.63) is 95.1 Å². The third kappa shape index (κ3) is 4.19. The maximum Gasteiger partial charge on any atom is 0.269 e. The fourth-order valence-corrected chi connectivity index (χ4v) is 4.56. The number of para-hydroxylation sites is 1. The second-order valence-corrected chi connectivity index (χ2v) is 8.99. The Bertz CT molecular complexity index is 1640. The van der Waals surface area contributed by atoms with Crippen LogP contribution in [0.1, 0.15) is 33.5 Å². The number of hydrogen-bond acceptors (Lipinski definition) is 6. The summed E-state index contributed by atoms with van der Waals surface area (Å²) in [6, 6.07) is 17.9. The molecule has 0 radical (unpaired) electrons. The molecule has 10 heteroatoms. The number of halogens is 1. The van der Waals surface area contributed by atoms with Crippen LogP contribution in [0.3, 0.4) is 0 Å². The van der Waals surface area contributed by atoms with Crippen molar-refractivity contribution >= 4 is 23.2 Å². The van der Waals surface area contributed by atoms with Gasteiger partial charge in [-0.2, -0.15) is 9.49 Å². The molecule has 4 aromatic rings. The largest absolute Gasteiger partial charge is 0.477 e. The Hall–Kier alpha value is -4.86. The molecule has 6 rings (SSSR count). The molecule has 1 atom stereocenters. The Kier molecular flexibility index (Phi) is 5.61. The van der Waals surface area contributed by atoms with Crippen LogP contribution in [-0.2, 0) is 11.3 Å². The quantitative estimate of drug-likeness (QED) is 0.406. The van der Waals surface area contributed by atoms with Gasteiger partial charge in [0.15, 0.2) is 1.41 Å². The van der Waals surface area contributed by atoms with Crippen LogP contribution in [-0.4, -0.2) is 45.1 Å². The molecule has 0 saturated carbocycles. The standard InChI is InChI=1S/C28H23FN6O3/c1-16-14-19(24(29)30-15-16)23-21(28-35(34-23)12-7-13-38-28)26(36)33-25-27(37)31-20-11-6-5-10-18(20)22(32-25)17-8-3-2-4-9-17/h2-6,8-11,14-15,25H,7,12-13H2,1H3,(H,31,37)(H,33,36)/t25-/m1/s1/i/hD. The van der Waals surface area contributed by atoms with Gasteiger partial charge in [0.05, 0.1) is 23.6 Å². The molecule has 4 heterocycles. The van der Waals surface area contributed by atoms with E-state index in [0.29, 0.717) is 53.0 Å². The van der Waals surface area contributed by atoms with E-state index in [9.17, 15) is 14.0 Å². The molecule has 190 valence electrons. The first-order valence-electron chi connectivity index (χ1n) is 12.6. The van der Waals surface area contributed by atoms with Crippen LogP contribution in [0.25, 0.3) is 11.3 Å². The fraction of sp³-hybridized carbons (Fsp3) is 0.179. The average Bonchev–Trinajstić information content (AvgIpc) is 3.27. The average molecular weight is 512 g/mol. The first kappa shape index (κ1) is 22.3. The molecule has 0 spiro atoms. The molecule has 0 unspecified atom stereocenters. The molecule has 9 nitrogen and oxygen atoms in total. The number of nitrogens with zero attached hydrogens (tertiary/aromatic N) is 4. The summed E-state index contributed by atoms with van der Waals surface area (Å²) < 4.78 is 30.9. The fourth-order valence-electron chi connectivity index (χ4n) is 4.56. The molecular formula is C28H23FN6O3. The number of aliphatic imine (C=N–C) groups is 1. The van der Waals surface area contributed by atoms with Gasteiger partial charge < -0.3 is 15.4 Å². The number of hydrogen-bond donors (Lipinski definition) is 2. The molecule has 0 saturated heterocycles. The Morgan fingerprint density at radius 2 is 1.97 bits per heavy atom. The van der Waals surface area contributed by atoms with E-state index in [1.807, 2.05) is 42.5 Å².